The molecule has 0 atom stereocenters. The highest BCUT2D eigenvalue weighted by molar-refractivity contribution is 5.79. The molecule has 0 radical (unpaired) electrons. The summed E-state index contributed by atoms with van der Waals surface area (Å²) in [5.41, 5.74) is 4.54. The minimum Gasteiger partial charge on any atom is -0.357 e. The zero-order valence-corrected chi connectivity index (χ0v) is 16.9. The first-order valence-corrected chi connectivity index (χ1v) is 9.77. The molecule has 0 bridgehead atoms. The number of guanidine groups is 1. The van der Waals surface area contributed by atoms with Gasteiger partial charge in [0, 0.05) is 32.5 Å². The summed E-state index contributed by atoms with van der Waals surface area (Å²) in [7, 11) is 1.93. The van der Waals surface area contributed by atoms with E-state index in [1.807, 2.05) is 40.7 Å². The molecule has 1 aromatic carbocycles. The zero-order chi connectivity index (χ0) is 19.8. The maximum atomic E-state index is 4.64. The Morgan fingerprint density at radius 1 is 1.14 bits per heavy atom. The van der Waals surface area contributed by atoms with Crippen LogP contribution in [0.3, 0.4) is 0 Å². The fraction of sp³-hybridized carbons (Fsp3) is 0.381. The van der Waals surface area contributed by atoms with E-state index in [0.717, 1.165) is 49.0 Å². The molecule has 0 aliphatic heterocycles. The van der Waals surface area contributed by atoms with Crippen molar-refractivity contribution < 1.29 is 0 Å². The van der Waals surface area contributed by atoms with E-state index in [1.165, 1.54) is 5.56 Å². The summed E-state index contributed by atoms with van der Waals surface area (Å²) >= 11 is 0. The molecule has 0 aliphatic carbocycles. The van der Waals surface area contributed by atoms with Gasteiger partial charge in [0.2, 0.25) is 0 Å². The molecule has 0 unspecified atom stereocenters. The Labute approximate surface area is 166 Å². The highest BCUT2D eigenvalue weighted by Gasteiger charge is 2.06. The second-order valence-corrected chi connectivity index (χ2v) is 6.69. The maximum Gasteiger partial charge on any atom is 0.191 e. The van der Waals surface area contributed by atoms with Crippen molar-refractivity contribution in [3.63, 3.8) is 0 Å². The van der Waals surface area contributed by atoms with Gasteiger partial charge in [-0.2, -0.15) is 10.2 Å². The number of rotatable bonds is 8. The molecule has 28 heavy (non-hydrogen) atoms. The smallest absolute Gasteiger partial charge is 0.191 e. The van der Waals surface area contributed by atoms with Crippen LogP contribution < -0.4 is 10.6 Å². The van der Waals surface area contributed by atoms with Crippen LogP contribution in [0.1, 0.15) is 30.3 Å². The molecule has 148 valence electrons. The average molecular weight is 380 g/mol. The second-order valence-electron chi connectivity index (χ2n) is 6.69. The Bertz CT molecular complexity index is 893. The van der Waals surface area contributed by atoms with E-state index in [1.54, 1.807) is 6.20 Å². The predicted octanol–water partition coefficient (Wildman–Crippen LogP) is 2.60. The predicted molar refractivity (Wildman–Crippen MR) is 113 cm³/mol. The number of hydrogen-bond acceptors (Lipinski definition) is 3. The Balaban J connectivity index is 1.51. The summed E-state index contributed by atoms with van der Waals surface area (Å²) in [4.78, 5) is 4.64. The van der Waals surface area contributed by atoms with Gasteiger partial charge in [0.15, 0.2) is 5.96 Å². The lowest BCUT2D eigenvalue weighted by Crippen LogP contribution is -2.37. The van der Waals surface area contributed by atoms with Gasteiger partial charge in [-0.3, -0.25) is 4.68 Å². The van der Waals surface area contributed by atoms with Gasteiger partial charge in [0.25, 0.3) is 0 Å². The van der Waals surface area contributed by atoms with Gasteiger partial charge in [-0.05, 0) is 50.5 Å². The normalized spacial score (nSPS) is 11.6. The molecule has 7 nitrogen and oxygen atoms in total. The molecule has 0 saturated carbocycles. The van der Waals surface area contributed by atoms with Crippen molar-refractivity contribution in [2.75, 3.05) is 13.1 Å². The lowest BCUT2D eigenvalue weighted by molar-refractivity contribution is 0.703. The number of hydrogen-bond donors (Lipinski definition) is 2. The summed E-state index contributed by atoms with van der Waals surface area (Å²) in [6.45, 7) is 6.44. The van der Waals surface area contributed by atoms with E-state index < -0.39 is 0 Å². The number of nitrogens with zero attached hydrogens (tertiary/aromatic N) is 5. The molecule has 0 amide bonds. The van der Waals surface area contributed by atoms with Crippen molar-refractivity contribution in [3.8, 4) is 5.69 Å². The van der Waals surface area contributed by atoms with E-state index in [-0.39, 0.29) is 0 Å². The fourth-order valence-electron chi connectivity index (χ4n) is 3.00. The Morgan fingerprint density at radius 2 is 1.96 bits per heavy atom. The number of aromatic nitrogens is 4. The highest BCUT2D eigenvalue weighted by atomic mass is 15.3. The lowest BCUT2D eigenvalue weighted by atomic mass is 10.1. The van der Waals surface area contributed by atoms with Gasteiger partial charge in [-0.1, -0.05) is 18.2 Å². The van der Waals surface area contributed by atoms with E-state index in [0.29, 0.717) is 6.54 Å². The molecule has 3 aromatic rings. The summed E-state index contributed by atoms with van der Waals surface area (Å²) in [5, 5.41) is 15.5. The molecule has 7 heteroatoms. The minimum atomic E-state index is 0.606. The van der Waals surface area contributed by atoms with E-state index >= 15 is 0 Å². The third kappa shape index (κ3) is 5.22. The largest absolute Gasteiger partial charge is 0.357 e. The van der Waals surface area contributed by atoms with Gasteiger partial charge in [0.1, 0.15) is 0 Å². The molecule has 2 heterocycles. The monoisotopic (exact) mass is 379 g/mol. The minimum absolute atomic E-state index is 0.606. The first-order chi connectivity index (χ1) is 13.7. The van der Waals surface area contributed by atoms with Gasteiger partial charge in [-0.25, -0.2) is 9.67 Å². The molecule has 3 rings (SSSR count). The number of aryl methyl sites for hydroxylation is 3. The SMILES string of the molecule is CCNC(=NCc1ccnn1C)NCCCc1cn(-c2ccccc2)nc1C. The third-order valence-corrected chi connectivity index (χ3v) is 4.60. The highest BCUT2D eigenvalue weighted by Crippen LogP contribution is 2.13. The summed E-state index contributed by atoms with van der Waals surface area (Å²) in [6.07, 6.45) is 5.92. The van der Waals surface area contributed by atoms with Crippen molar-refractivity contribution in [1.82, 2.24) is 30.2 Å². The molecular formula is C21H29N7. The van der Waals surface area contributed by atoms with Gasteiger partial charge < -0.3 is 10.6 Å². The molecule has 2 N–H and O–H groups in total. The molecule has 2 aromatic heterocycles. The number of aliphatic imine (C=N–C) groups is 1. The topological polar surface area (TPSA) is 72.1 Å². The first kappa shape index (κ1) is 19.7. The molecule has 0 aliphatic rings. The Morgan fingerprint density at radius 3 is 2.68 bits per heavy atom. The van der Waals surface area contributed by atoms with Crippen LogP contribution in [0.5, 0.6) is 0 Å². The Kier molecular flexibility index (Phi) is 6.84. The fourth-order valence-corrected chi connectivity index (χ4v) is 3.00. The van der Waals surface area contributed by atoms with Crippen LogP contribution in [0.15, 0.2) is 53.8 Å². The van der Waals surface area contributed by atoms with Crippen LogP contribution in [0.2, 0.25) is 0 Å². The van der Waals surface area contributed by atoms with Crippen LogP contribution in [0.4, 0.5) is 0 Å². The van der Waals surface area contributed by atoms with E-state index in [2.05, 4.69) is 58.0 Å². The number of para-hydroxylation sites is 1. The van der Waals surface area contributed by atoms with Crippen molar-refractivity contribution >= 4 is 5.96 Å². The first-order valence-electron chi connectivity index (χ1n) is 9.77. The molecule has 0 spiro atoms. The number of benzene rings is 1. The van der Waals surface area contributed by atoms with Gasteiger partial charge in [0.05, 0.1) is 23.6 Å². The average Bonchev–Trinajstić information content (AvgIpc) is 3.29. The molecular weight excluding hydrogens is 350 g/mol. The van der Waals surface area contributed by atoms with Crippen LogP contribution in [-0.2, 0) is 20.0 Å². The van der Waals surface area contributed by atoms with Crippen molar-refractivity contribution in [2.45, 2.75) is 33.2 Å². The molecule has 0 fully saturated rings. The van der Waals surface area contributed by atoms with Crippen molar-refractivity contribution in [1.29, 1.82) is 0 Å². The summed E-state index contributed by atoms with van der Waals surface area (Å²) in [6, 6.07) is 12.2. The maximum absolute atomic E-state index is 4.64. The van der Waals surface area contributed by atoms with Crippen molar-refractivity contribution in [3.05, 3.63) is 65.7 Å². The standard InChI is InChI=1S/C21H29N7/c1-4-22-21(24-15-20-12-14-25-27(20)3)23-13-8-9-18-16-28(26-17(18)2)19-10-6-5-7-11-19/h5-7,10-12,14,16H,4,8-9,13,15H2,1-3H3,(H2,22,23,24). The lowest BCUT2D eigenvalue weighted by Gasteiger charge is -2.11. The Hall–Kier alpha value is -3.09. The number of nitrogens with one attached hydrogen (secondary N) is 2. The second kappa shape index (κ2) is 9.73. The van der Waals surface area contributed by atoms with Gasteiger partial charge >= 0.3 is 0 Å². The summed E-state index contributed by atoms with van der Waals surface area (Å²) in [5.74, 6) is 0.834. The van der Waals surface area contributed by atoms with Crippen molar-refractivity contribution in [2.24, 2.45) is 12.0 Å². The quantitative estimate of drug-likeness (QED) is 0.358. The van der Waals surface area contributed by atoms with E-state index in [9.17, 15) is 0 Å². The van der Waals surface area contributed by atoms with Crippen LogP contribution in [0.25, 0.3) is 5.69 Å². The van der Waals surface area contributed by atoms with Gasteiger partial charge in [-0.15, -0.1) is 0 Å². The van der Waals surface area contributed by atoms with E-state index in [4.69, 9.17) is 0 Å². The van der Waals surface area contributed by atoms with Crippen LogP contribution in [-0.4, -0.2) is 38.6 Å². The summed E-state index contributed by atoms with van der Waals surface area (Å²) < 4.78 is 3.80. The van der Waals surface area contributed by atoms with Crippen LogP contribution >= 0.6 is 0 Å². The van der Waals surface area contributed by atoms with Crippen LogP contribution in [0, 0.1) is 6.92 Å². The molecule has 0 saturated heterocycles. The third-order valence-electron chi connectivity index (χ3n) is 4.60. The zero-order valence-electron chi connectivity index (χ0n) is 16.9.